The second-order valence-electron chi connectivity index (χ2n) is 3.92. The molecule has 0 bridgehead atoms. The van der Waals surface area contributed by atoms with Crippen LogP contribution in [-0.4, -0.2) is 5.91 Å². The van der Waals surface area contributed by atoms with E-state index >= 15 is 0 Å². The summed E-state index contributed by atoms with van der Waals surface area (Å²) in [7, 11) is 0. The average molecular weight is 374 g/mol. The van der Waals surface area contributed by atoms with Gasteiger partial charge < -0.3 is 5.32 Å². The van der Waals surface area contributed by atoms with E-state index in [-0.39, 0.29) is 12.3 Å². The minimum atomic E-state index is -0.305. The Morgan fingerprint density at radius 2 is 2.00 bits per heavy atom. The number of rotatable bonds is 5. The molecule has 0 spiro atoms. The summed E-state index contributed by atoms with van der Waals surface area (Å²) in [4.78, 5) is 11.4. The highest BCUT2D eigenvalue weighted by molar-refractivity contribution is 9.11. The number of benzene rings is 1. The fourth-order valence-corrected chi connectivity index (χ4v) is 3.01. The number of anilines is 1. The van der Waals surface area contributed by atoms with Crippen molar-refractivity contribution < 1.29 is 4.79 Å². The molecule has 0 radical (unpaired) electrons. The quantitative estimate of drug-likeness (QED) is 0.831. The second kappa shape index (κ2) is 7.55. The summed E-state index contributed by atoms with van der Waals surface area (Å²) >= 11 is 6.88. The highest BCUT2D eigenvalue weighted by Crippen LogP contribution is 2.33. The Morgan fingerprint density at radius 1 is 1.39 bits per heavy atom. The standard InChI is InChI=1S/C13H14Br2N2O/c1-2-3-4-9-7-10(14)13(11(15)8-9)17-12(18)5-6-16/h7-8H,2-5H2,1H3,(H,17,18). The van der Waals surface area contributed by atoms with Crippen molar-refractivity contribution in [3.8, 4) is 6.07 Å². The maximum atomic E-state index is 11.4. The van der Waals surface area contributed by atoms with Crippen molar-refractivity contribution in [1.82, 2.24) is 0 Å². The van der Waals surface area contributed by atoms with Gasteiger partial charge in [0.2, 0.25) is 5.91 Å². The number of nitrogens with zero attached hydrogens (tertiary/aromatic N) is 1. The largest absolute Gasteiger partial charge is 0.323 e. The number of halogens is 2. The van der Waals surface area contributed by atoms with Crippen LogP contribution < -0.4 is 5.32 Å². The minimum absolute atomic E-state index is 0.142. The maximum absolute atomic E-state index is 11.4. The molecule has 0 atom stereocenters. The zero-order chi connectivity index (χ0) is 13.5. The van der Waals surface area contributed by atoms with Gasteiger partial charge in [0.1, 0.15) is 6.42 Å². The fraction of sp³-hybridized carbons (Fsp3) is 0.385. The van der Waals surface area contributed by atoms with Crippen LogP contribution in [0.3, 0.4) is 0 Å². The van der Waals surface area contributed by atoms with Gasteiger partial charge in [-0.3, -0.25) is 4.79 Å². The molecule has 0 aromatic heterocycles. The van der Waals surface area contributed by atoms with Gasteiger partial charge >= 0.3 is 0 Å². The number of hydrogen-bond donors (Lipinski definition) is 1. The number of carbonyl (C=O) groups is 1. The first-order valence-corrected chi connectivity index (χ1v) is 7.31. The van der Waals surface area contributed by atoms with Gasteiger partial charge in [0.15, 0.2) is 0 Å². The Balaban J connectivity index is 2.88. The van der Waals surface area contributed by atoms with E-state index in [1.54, 1.807) is 0 Å². The van der Waals surface area contributed by atoms with Gasteiger partial charge in [-0.05, 0) is 62.4 Å². The summed E-state index contributed by atoms with van der Waals surface area (Å²) in [6.07, 6.45) is 3.16. The lowest BCUT2D eigenvalue weighted by Crippen LogP contribution is -2.11. The van der Waals surface area contributed by atoms with Crippen molar-refractivity contribution in [2.24, 2.45) is 0 Å². The molecule has 96 valence electrons. The van der Waals surface area contributed by atoms with Crippen molar-refractivity contribution in [3.63, 3.8) is 0 Å². The van der Waals surface area contributed by atoms with E-state index in [0.717, 1.165) is 28.2 Å². The van der Waals surface area contributed by atoms with Crippen LogP contribution in [0.1, 0.15) is 31.7 Å². The highest BCUT2D eigenvalue weighted by Gasteiger charge is 2.10. The van der Waals surface area contributed by atoms with Crippen molar-refractivity contribution in [2.75, 3.05) is 5.32 Å². The van der Waals surface area contributed by atoms with Gasteiger partial charge in [-0.2, -0.15) is 5.26 Å². The van der Waals surface area contributed by atoms with Crippen molar-refractivity contribution in [3.05, 3.63) is 26.6 Å². The second-order valence-corrected chi connectivity index (χ2v) is 5.63. The normalized spacial score (nSPS) is 9.89. The molecule has 0 heterocycles. The van der Waals surface area contributed by atoms with E-state index in [0.29, 0.717) is 5.69 Å². The third kappa shape index (κ3) is 4.43. The molecule has 0 saturated carbocycles. The first kappa shape index (κ1) is 15.2. The molecule has 5 heteroatoms. The molecule has 1 aromatic carbocycles. The SMILES string of the molecule is CCCCc1cc(Br)c(NC(=O)CC#N)c(Br)c1. The topological polar surface area (TPSA) is 52.9 Å². The Labute approximate surface area is 124 Å². The van der Waals surface area contributed by atoms with Crippen molar-refractivity contribution in [2.45, 2.75) is 32.6 Å². The van der Waals surface area contributed by atoms with Crippen molar-refractivity contribution >= 4 is 43.5 Å². The van der Waals surface area contributed by atoms with Crippen LogP contribution in [0.2, 0.25) is 0 Å². The van der Waals surface area contributed by atoms with Crippen molar-refractivity contribution in [1.29, 1.82) is 5.26 Å². The summed E-state index contributed by atoms with van der Waals surface area (Å²) in [5, 5.41) is 11.2. The molecule has 3 nitrogen and oxygen atoms in total. The van der Waals surface area contributed by atoms with Gasteiger partial charge in [0, 0.05) is 8.95 Å². The minimum Gasteiger partial charge on any atom is -0.323 e. The Kier molecular flexibility index (Phi) is 6.37. The molecule has 0 aliphatic carbocycles. The van der Waals surface area contributed by atoms with Crippen LogP contribution in [0, 0.1) is 11.3 Å². The van der Waals surface area contributed by atoms with Gasteiger partial charge in [-0.25, -0.2) is 0 Å². The number of aryl methyl sites for hydroxylation is 1. The lowest BCUT2D eigenvalue weighted by atomic mass is 10.1. The van der Waals surface area contributed by atoms with E-state index in [1.807, 2.05) is 18.2 Å². The summed E-state index contributed by atoms with van der Waals surface area (Å²) in [6, 6.07) is 5.83. The Bertz CT molecular complexity index is 457. The number of amides is 1. The molecular weight excluding hydrogens is 360 g/mol. The zero-order valence-corrected chi connectivity index (χ0v) is 13.3. The summed E-state index contributed by atoms with van der Waals surface area (Å²) in [5.74, 6) is -0.305. The molecule has 0 saturated heterocycles. The smallest absolute Gasteiger partial charge is 0.238 e. The predicted molar refractivity (Wildman–Crippen MR) is 79.3 cm³/mol. The Hall–Kier alpha value is -0.860. The monoisotopic (exact) mass is 372 g/mol. The lowest BCUT2D eigenvalue weighted by Gasteiger charge is -2.11. The van der Waals surface area contributed by atoms with E-state index < -0.39 is 0 Å². The van der Waals surface area contributed by atoms with E-state index in [1.165, 1.54) is 5.56 Å². The number of nitriles is 1. The number of carbonyl (C=O) groups excluding carboxylic acids is 1. The predicted octanol–water partition coefficient (Wildman–Crippen LogP) is 4.41. The van der Waals surface area contributed by atoms with Crippen LogP contribution in [0.25, 0.3) is 0 Å². The molecule has 1 rings (SSSR count). The van der Waals surface area contributed by atoms with Crippen LogP contribution in [0.4, 0.5) is 5.69 Å². The third-order valence-corrected chi connectivity index (χ3v) is 3.68. The fourth-order valence-electron chi connectivity index (χ4n) is 1.53. The summed E-state index contributed by atoms with van der Waals surface area (Å²) < 4.78 is 1.66. The molecular formula is C13H14Br2N2O. The number of hydrogen-bond acceptors (Lipinski definition) is 2. The molecule has 18 heavy (non-hydrogen) atoms. The lowest BCUT2D eigenvalue weighted by molar-refractivity contribution is -0.115. The third-order valence-electron chi connectivity index (χ3n) is 2.42. The van der Waals surface area contributed by atoms with E-state index in [9.17, 15) is 4.79 Å². The molecule has 1 amide bonds. The first-order valence-electron chi connectivity index (χ1n) is 5.73. The Morgan fingerprint density at radius 3 is 2.50 bits per heavy atom. The van der Waals surface area contributed by atoms with Gasteiger partial charge in [-0.1, -0.05) is 13.3 Å². The van der Waals surface area contributed by atoms with Gasteiger partial charge in [0.25, 0.3) is 0 Å². The van der Waals surface area contributed by atoms with Crippen LogP contribution in [-0.2, 0) is 11.2 Å². The summed E-state index contributed by atoms with van der Waals surface area (Å²) in [5.41, 5.74) is 1.89. The van der Waals surface area contributed by atoms with Crippen LogP contribution in [0.15, 0.2) is 21.1 Å². The molecule has 0 fully saturated rings. The molecule has 1 aromatic rings. The summed E-state index contributed by atoms with van der Waals surface area (Å²) in [6.45, 7) is 2.15. The van der Waals surface area contributed by atoms with E-state index in [2.05, 4.69) is 44.1 Å². The number of nitrogens with one attached hydrogen (secondary N) is 1. The van der Waals surface area contributed by atoms with Crippen LogP contribution in [0.5, 0.6) is 0 Å². The molecule has 0 aliphatic heterocycles. The maximum Gasteiger partial charge on any atom is 0.238 e. The first-order chi connectivity index (χ1) is 8.58. The highest BCUT2D eigenvalue weighted by atomic mass is 79.9. The number of unbranched alkanes of at least 4 members (excludes halogenated alkanes) is 1. The zero-order valence-electron chi connectivity index (χ0n) is 10.1. The molecule has 0 aliphatic rings. The van der Waals surface area contributed by atoms with Gasteiger partial charge in [-0.15, -0.1) is 0 Å². The van der Waals surface area contributed by atoms with Crippen LogP contribution >= 0.6 is 31.9 Å². The molecule has 0 unspecified atom stereocenters. The van der Waals surface area contributed by atoms with E-state index in [4.69, 9.17) is 5.26 Å². The van der Waals surface area contributed by atoms with Gasteiger partial charge in [0.05, 0.1) is 11.8 Å². The molecule has 1 N–H and O–H groups in total. The average Bonchev–Trinajstić information content (AvgIpc) is 2.31.